The van der Waals surface area contributed by atoms with E-state index in [2.05, 4.69) is 24.1 Å². The van der Waals surface area contributed by atoms with Gasteiger partial charge in [-0.3, -0.25) is 0 Å². The molecule has 1 heterocycles. The summed E-state index contributed by atoms with van der Waals surface area (Å²) in [4.78, 5) is 0. The highest BCUT2D eigenvalue weighted by Crippen LogP contribution is 2.31. The van der Waals surface area contributed by atoms with Crippen molar-refractivity contribution in [1.82, 2.24) is 5.32 Å². The Morgan fingerprint density at radius 3 is 2.53 bits per heavy atom. The van der Waals surface area contributed by atoms with Crippen molar-refractivity contribution in [3.05, 3.63) is 0 Å². The Morgan fingerprint density at radius 2 is 1.88 bits per heavy atom. The Labute approximate surface area is 110 Å². The summed E-state index contributed by atoms with van der Waals surface area (Å²) in [6.45, 7) is 1.97. The predicted molar refractivity (Wildman–Crippen MR) is 75.7 cm³/mol. The van der Waals surface area contributed by atoms with Crippen LogP contribution in [0.5, 0.6) is 0 Å². The fraction of sp³-hybridized carbons (Fsp3) is 1.00. The van der Waals surface area contributed by atoms with E-state index in [0.29, 0.717) is 6.04 Å². The topological polar surface area (TPSA) is 21.3 Å². The molecular formula is C14H27NOS. The van der Waals surface area contributed by atoms with Crippen LogP contribution in [-0.2, 0) is 4.74 Å². The molecule has 0 aromatic heterocycles. The largest absolute Gasteiger partial charge is 0.381 e. The third-order valence-corrected chi connectivity index (χ3v) is 5.74. The summed E-state index contributed by atoms with van der Waals surface area (Å²) in [6.07, 6.45) is 9.72. The van der Waals surface area contributed by atoms with Crippen molar-refractivity contribution in [3.8, 4) is 0 Å². The lowest BCUT2D eigenvalue weighted by molar-refractivity contribution is 0.0616. The molecule has 100 valence electrons. The van der Waals surface area contributed by atoms with Gasteiger partial charge < -0.3 is 10.1 Å². The number of hydrogen-bond acceptors (Lipinski definition) is 3. The SMILES string of the molecule is CNC(CSC1CCCC1)CC1CCOCC1. The third-order valence-electron chi connectivity index (χ3n) is 4.20. The molecule has 0 bridgehead atoms. The summed E-state index contributed by atoms with van der Waals surface area (Å²) >= 11 is 2.21. The molecule has 17 heavy (non-hydrogen) atoms. The van der Waals surface area contributed by atoms with E-state index in [4.69, 9.17) is 4.74 Å². The molecule has 1 N–H and O–H groups in total. The van der Waals surface area contributed by atoms with E-state index in [9.17, 15) is 0 Å². The molecule has 1 atom stereocenters. The van der Waals surface area contributed by atoms with Gasteiger partial charge in [0.15, 0.2) is 0 Å². The van der Waals surface area contributed by atoms with E-state index in [0.717, 1.165) is 24.4 Å². The van der Waals surface area contributed by atoms with Gasteiger partial charge in [-0.25, -0.2) is 0 Å². The van der Waals surface area contributed by atoms with Gasteiger partial charge in [0.05, 0.1) is 0 Å². The molecule has 0 radical (unpaired) electrons. The van der Waals surface area contributed by atoms with Crippen LogP contribution in [0.4, 0.5) is 0 Å². The zero-order chi connectivity index (χ0) is 11.9. The summed E-state index contributed by atoms with van der Waals surface area (Å²) in [5.41, 5.74) is 0. The van der Waals surface area contributed by atoms with Gasteiger partial charge in [-0.15, -0.1) is 0 Å². The highest BCUT2D eigenvalue weighted by atomic mass is 32.2. The van der Waals surface area contributed by atoms with Crippen molar-refractivity contribution in [2.45, 2.75) is 56.2 Å². The predicted octanol–water partition coefficient (Wildman–Crippen LogP) is 3.07. The van der Waals surface area contributed by atoms with Gasteiger partial charge in [0, 0.05) is 30.3 Å². The van der Waals surface area contributed by atoms with Gasteiger partial charge >= 0.3 is 0 Å². The summed E-state index contributed by atoms with van der Waals surface area (Å²) in [7, 11) is 2.12. The molecular weight excluding hydrogens is 230 g/mol. The Bertz CT molecular complexity index is 200. The van der Waals surface area contributed by atoms with Gasteiger partial charge in [0.1, 0.15) is 0 Å². The lowest BCUT2D eigenvalue weighted by Crippen LogP contribution is -2.32. The van der Waals surface area contributed by atoms with Crippen molar-refractivity contribution in [2.75, 3.05) is 26.0 Å². The number of ether oxygens (including phenoxy) is 1. The van der Waals surface area contributed by atoms with Crippen LogP contribution >= 0.6 is 11.8 Å². The minimum absolute atomic E-state index is 0.712. The quantitative estimate of drug-likeness (QED) is 0.790. The molecule has 0 amide bonds. The highest BCUT2D eigenvalue weighted by Gasteiger charge is 2.21. The van der Waals surface area contributed by atoms with Crippen LogP contribution in [0.1, 0.15) is 44.9 Å². The van der Waals surface area contributed by atoms with Gasteiger partial charge in [-0.1, -0.05) is 12.8 Å². The van der Waals surface area contributed by atoms with Crippen molar-refractivity contribution in [2.24, 2.45) is 5.92 Å². The van der Waals surface area contributed by atoms with Gasteiger partial charge in [0.25, 0.3) is 0 Å². The van der Waals surface area contributed by atoms with E-state index in [1.807, 2.05) is 0 Å². The van der Waals surface area contributed by atoms with Crippen LogP contribution in [0.2, 0.25) is 0 Å². The summed E-state index contributed by atoms with van der Waals surface area (Å²) < 4.78 is 5.43. The maximum absolute atomic E-state index is 5.43. The first-order valence-electron chi connectivity index (χ1n) is 7.25. The van der Waals surface area contributed by atoms with E-state index >= 15 is 0 Å². The molecule has 3 heteroatoms. The van der Waals surface area contributed by atoms with E-state index in [1.54, 1.807) is 0 Å². The number of nitrogens with one attached hydrogen (secondary N) is 1. The molecule has 0 aromatic carbocycles. The molecule has 1 saturated carbocycles. The lowest BCUT2D eigenvalue weighted by Gasteiger charge is -2.27. The van der Waals surface area contributed by atoms with Crippen LogP contribution in [-0.4, -0.2) is 37.3 Å². The van der Waals surface area contributed by atoms with E-state index in [-0.39, 0.29) is 0 Å². The second kappa shape index (κ2) is 7.65. The standard InChI is InChI=1S/C14H27NOS/c1-15-13(10-12-6-8-16-9-7-12)11-17-14-4-2-3-5-14/h12-15H,2-11H2,1H3. The minimum Gasteiger partial charge on any atom is -0.381 e. The average Bonchev–Trinajstić information content (AvgIpc) is 2.89. The van der Waals surface area contributed by atoms with Crippen molar-refractivity contribution < 1.29 is 4.74 Å². The molecule has 1 saturated heterocycles. The molecule has 2 fully saturated rings. The first-order chi connectivity index (χ1) is 8.38. The molecule has 2 nitrogen and oxygen atoms in total. The number of hydrogen-bond donors (Lipinski definition) is 1. The minimum atomic E-state index is 0.712. The monoisotopic (exact) mass is 257 g/mol. The summed E-state index contributed by atoms with van der Waals surface area (Å²) in [5, 5.41) is 4.47. The van der Waals surface area contributed by atoms with Gasteiger partial charge in [-0.2, -0.15) is 11.8 Å². The first kappa shape index (κ1) is 13.7. The fourth-order valence-electron chi connectivity index (χ4n) is 2.96. The van der Waals surface area contributed by atoms with Gasteiger partial charge in [-0.05, 0) is 45.1 Å². The molecule has 1 aliphatic carbocycles. The number of thioether (sulfide) groups is 1. The average molecular weight is 257 g/mol. The number of rotatable bonds is 6. The second-order valence-electron chi connectivity index (χ2n) is 5.52. The molecule has 0 spiro atoms. The molecule has 1 aliphatic heterocycles. The Morgan fingerprint density at radius 1 is 1.18 bits per heavy atom. The molecule has 1 unspecified atom stereocenters. The van der Waals surface area contributed by atoms with Crippen LogP contribution < -0.4 is 5.32 Å². The summed E-state index contributed by atoms with van der Waals surface area (Å²) in [5.74, 6) is 2.20. The maximum Gasteiger partial charge on any atom is 0.0468 e. The zero-order valence-corrected chi connectivity index (χ0v) is 11.9. The molecule has 2 rings (SSSR count). The Hall–Kier alpha value is 0.270. The van der Waals surface area contributed by atoms with Crippen molar-refractivity contribution in [3.63, 3.8) is 0 Å². The first-order valence-corrected chi connectivity index (χ1v) is 8.30. The maximum atomic E-state index is 5.43. The highest BCUT2D eigenvalue weighted by molar-refractivity contribution is 7.99. The fourth-order valence-corrected chi connectivity index (χ4v) is 4.43. The van der Waals surface area contributed by atoms with E-state index < -0.39 is 0 Å². The Kier molecular flexibility index (Phi) is 6.16. The lowest BCUT2D eigenvalue weighted by atomic mass is 9.93. The van der Waals surface area contributed by atoms with Crippen LogP contribution in [0.15, 0.2) is 0 Å². The van der Waals surface area contributed by atoms with Crippen LogP contribution in [0.25, 0.3) is 0 Å². The van der Waals surface area contributed by atoms with Crippen LogP contribution in [0.3, 0.4) is 0 Å². The van der Waals surface area contributed by atoms with Crippen LogP contribution in [0, 0.1) is 5.92 Å². The molecule has 2 aliphatic rings. The van der Waals surface area contributed by atoms with Crippen molar-refractivity contribution in [1.29, 1.82) is 0 Å². The Balaban J connectivity index is 1.64. The smallest absolute Gasteiger partial charge is 0.0468 e. The van der Waals surface area contributed by atoms with Crippen molar-refractivity contribution >= 4 is 11.8 Å². The normalized spacial score (nSPS) is 25.2. The second-order valence-corrected chi connectivity index (χ2v) is 6.85. The summed E-state index contributed by atoms with van der Waals surface area (Å²) in [6, 6.07) is 0.712. The zero-order valence-electron chi connectivity index (χ0n) is 11.1. The van der Waals surface area contributed by atoms with E-state index in [1.165, 1.54) is 50.7 Å². The van der Waals surface area contributed by atoms with Gasteiger partial charge in [0.2, 0.25) is 0 Å². The third kappa shape index (κ3) is 4.80. The molecule has 0 aromatic rings.